The lowest BCUT2D eigenvalue weighted by molar-refractivity contribution is 0.00578. The van der Waals surface area contributed by atoms with Crippen molar-refractivity contribution >= 4 is 12.6 Å². The van der Waals surface area contributed by atoms with Crippen LogP contribution in [0.4, 0.5) is 0 Å². The van der Waals surface area contributed by atoms with Crippen LogP contribution in [0.1, 0.15) is 52.5 Å². The molecule has 1 N–H and O–H groups in total. The van der Waals surface area contributed by atoms with Crippen LogP contribution in [0, 0.1) is 0 Å². The molecular weight excluding hydrogens is 263 g/mol. The largest absolute Gasteiger partial charge is 0.494 e. The second-order valence-corrected chi connectivity index (χ2v) is 7.51. The maximum absolute atomic E-state index is 9.75. The first-order valence-electron chi connectivity index (χ1n) is 7.87. The molecule has 1 aromatic rings. The Morgan fingerprint density at radius 1 is 1.10 bits per heavy atom. The lowest BCUT2D eigenvalue weighted by Crippen LogP contribution is -2.41. The molecule has 0 bridgehead atoms. The zero-order chi connectivity index (χ0) is 15.3. The molecule has 0 amide bonds. The van der Waals surface area contributed by atoms with Gasteiger partial charge in [-0.3, -0.25) is 0 Å². The van der Waals surface area contributed by atoms with E-state index in [1.807, 2.05) is 6.07 Å². The Morgan fingerprint density at radius 2 is 1.71 bits per heavy atom. The number of aliphatic hydroxyl groups is 1. The van der Waals surface area contributed by atoms with Crippen molar-refractivity contribution in [1.29, 1.82) is 0 Å². The van der Waals surface area contributed by atoms with Crippen molar-refractivity contribution in [3.63, 3.8) is 0 Å². The highest BCUT2D eigenvalue weighted by Crippen LogP contribution is 2.43. The van der Waals surface area contributed by atoms with Crippen LogP contribution in [-0.2, 0) is 14.7 Å². The Labute approximate surface area is 127 Å². The van der Waals surface area contributed by atoms with E-state index in [4.69, 9.17) is 9.31 Å². The summed E-state index contributed by atoms with van der Waals surface area (Å²) in [6.07, 6.45) is 3.33. The third-order valence-corrected chi connectivity index (χ3v) is 5.64. The lowest BCUT2D eigenvalue weighted by atomic mass is 9.63. The van der Waals surface area contributed by atoms with Gasteiger partial charge in [0.25, 0.3) is 0 Å². The Balaban J connectivity index is 1.88. The van der Waals surface area contributed by atoms with E-state index < -0.39 is 0 Å². The van der Waals surface area contributed by atoms with Gasteiger partial charge in [0.2, 0.25) is 0 Å². The minimum absolute atomic E-state index is 0.0420. The van der Waals surface area contributed by atoms with Crippen molar-refractivity contribution in [3.8, 4) is 0 Å². The predicted octanol–water partition coefficient (Wildman–Crippen LogP) is 2.40. The Hall–Kier alpha value is -0.835. The minimum Gasteiger partial charge on any atom is -0.399 e. The van der Waals surface area contributed by atoms with Crippen LogP contribution in [0.2, 0.25) is 0 Å². The van der Waals surface area contributed by atoms with Crippen LogP contribution in [-0.4, -0.2) is 30.0 Å². The van der Waals surface area contributed by atoms with Crippen molar-refractivity contribution in [2.24, 2.45) is 0 Å². The average Bonchev–Trinajstić information content (AvgIpc) is 2.58. The maximum atomic E-state index is 9.75. The van der Waals surface area contributed by atoms with Crippen molar-refractivity contribution in [2.45, 2.75) is 63.6 Å². The molecule has 1 aromatic carbocycles. The normalized spacial score (nSPS) is 25.7. The third-order valence-electron chi connectivity index (χ3n) is 5.64. The molecule has 1 aliphatic heterocycles. The van der Waals surface area contributed by atoms with E-state index in [2.05, 4.69) is 45.9 Å². The van der Waals surface area contributed by atoms with Crippen molar-refractivity contribution in [2.75, 3.05) is 6.61 Å². The molecular formula is C17H25BO3. The van der Waals surface area contributed by atoms with Crippen molar-refractivity contribution < 1.29 is 14.4 Å². The molecule has 21 heavy (non-hydrogen) atoms. The van der Waals surface area contributed by atoms with Gasteiger partial charge in [-0.05, 0) is 51.6 Å². The van der Waals surface area contributed by atoms with Gasteiger partial charge < -0.3 is 14.4 Å². The quantitative estimate of drug-likeness (QED) is 0.868. The number of hydrogen-bond acceptors (Lipinski definition) is 3. The molecule has 3 nitrogen and oxygen atoms in total. The molecule has 1 aliphatic carbocycles. The van der Waals surface area contributed by atoms with Gasteiger partial charge in [-0.25, -0.2) is 0 Å². The number of hydrogen-bond donors (Lipinski definition) is 1. The van der Waals surface area contributed by atoms with E-state index in [0.717, 1.165) is 18.3 Å². The summed E-state index contributed by atoms with van der Waals surface area (Å²) in [7, 11) is -0.328. The summed E-state index contributed by atoms with van der Waals surface area (Å²) < 4.78 is 12.2. The van der Waals surface area contributed by atoms with Crippen LogP contribution < -0.4 is 5.46 Å². The fourth-order valence-electron chi connectivity index (χ4n) is 3.14. The minimum atomic E-state index is -0.328. The molecule has 0 unspecified atom stereocenters. The first kappa shape index (κ1) is 15.1. The first-order chi connectivity index (χ1) is 9.80. The molecule has 0 atom stereocenters. The first-order valence-corrected chi connectivity index (χ1v) is 7.87. The molecule has 1 heterocycles. The summed E-state index contributed by atoms with van der Waals surface area (Å²) in [6.45, 7) is 8.49. The van der Waals surface area contributed by atoms with Crippen LogP contribution in [0.5, 0.6) is 0 Å². The van der Waals surface area contributed by atoms with E-state index >= 15 is 0 Å². The summed E-state index contributed by atoms with van der Waals surface area (Å²) in [6, 6.07) is 8.36. The molecule has 114 valence electrons. The maximum Gasteiger partial charge on any atom is 0.494 e. The topological polar surface area (TPSA) is 38.7 Å². The summed E-state index contributed by atoms with van der Waals surface area (Å²) in [5.74, 6) is 0. The van der Waals surface area contributed by atoms with E-state index in [0.29, 0.717) is 0 Å². The van der Waals surface area contributed by atoms with Gasteiger partial charge in [0, 0.05) is 5.41 Å². The fourth-order valence-corrected chi connectivity index (χ4v) is 3.14. The van der Waals surface area contributed by atoms with Gasteiger partial charge >= 0.3 is 7.12 Å². The molecule has 0 radical (unpaired) electrons. The fraction of sp³-hybridized carbons (Fsp3) is 0.647. The van der Waals surface area contributed by atoms with Gasteiger partial charge in [-0.15, -0.1) is 0 Å². The predicted molar refractivity (Wildman–Crippen MR) is 84.8 cm³/mol. The average molecular weight is 288 g/mol. The van der Waals surface area contributed by atoms with Gasteiger partial charge in [0.15, 0.2) is 0 Å². The van der Waals surface area contributed by atoms with E-state index in [9.17, 15) is 5.11 Å². The van der Waals surface area contributed by atoms with Crippen LogP contribution in [0.15, 0.2) is 24.3 Å². The van der Waals surface area contributed by atoms with Crippen molar-refractivity contribution in [1.82, 2.24) is 0 Å². The lowest BCUT2D eigenvalue weighted by Gasteiger charge is -2.41. The van der Waals surface area contributed by atoms with Crippen LogP contribution >= 0.6 is 0 Å². The molecule has 0 spiro atoms. The zero-order valence-corrected chi connectivity index (χ0v) is 13.5. The van der Waals surface area contributed by atoms with Crippen LogP contribution in [0.3, 0.4) is 0 Å². The van der Waals surface area contributed by atoms with Gasteiger partial charge in [0.05, 0.1) is 17.8 Å². The monoisotopic (exact) mass is 288 g/mol. The Morgan fingerprint density at radius 3 is 2.19 bits per heavy atom. The molecule has 0 aromatic heterocycles. The molecule has 1 saturated heterocycles. The van der Waals surface area contributed by atoms with E-state index in [-0.39, 0.29) is 30.3 Å². The van der Waals surface area contributed by atoms with Gasteiger partial charge in [-0.2, -0.15) is 0 Å². The standard InChI is InChI=1S/C17H25BO3/c1-15(2)16(3,4)21-18(20-15)14-8-5-7-13(11-14)17(12-19)9-6-10-17/h5,7-8,11,19H,6,9-10,12H2,1-4H3. The van der Waals surface area contributed by atoms with Gasteiger partial charge in [0.1, 0.15) is 0 Å². The number of aliphatic hydroxyl groups excluding tert-OH is 1. The third kappa shape index (κ3) is 2.34. The summed E-state index contributed by atoms with van der Waals surface area (Å²) in [5, 5.41) is 9.75. The highest BCUT2D eigenvalue weighted by molar-refractivity contribution is 6.62. The highest BCUT2D eigenvalue weighted by Gasteiger charge is 2.52. The smallest absolute Gasteiger partial charge is 0.399 e. The molecule has 2 fully saturated rings. The van der Waals surface area contributed by atoms with E-state index in [1.165, 1.54) is 12.0 Å². The van der Waals surface area contributed by atoms with Crippen LogP contribution in [0.25, 0.3) is 0 Å². The Bertz CT molecular complexity index is 513. The second-order valence-electron chi connectivity index (χ2n) is 7.51. The zero-order valence-electron chi connectivity index (χ0n) is 13.5. The molecule has 2 aliphatic rings. The summed E-state index contributed by atoms with van der Waals surface area (Å²) in [5.41, 5.74) is 1.58. The highest BCUT2D eigenvalue weighted by atomic mass is 16.7. The van der Waals surface area contributed by atoms with Crippen molar-refractivity contribution in [3.05, 3.63) is 29.8 Å². The summed E-state index contributed by atoms with van der Waals surface area (Å²) in [4.78, 5) is 0. The SMILES string of the molecule is CC1(C)OB(c2cccc(C3(CO)CCC3)c2)OC1(C)C. The second kappa shape index (κ2) is 4.84. The molecule has 3 rings (SSSR count). The summed E-state index contributed by atoms with van der Waals surface area (Å²) >= 11 is 0. The Kier molecular flexibility index (Phi) is 3.47. The number of rotatable bonds is 3. The van der Waals surface area contributed by atoms with E-state index in [1.54, 1.807) is 0 Å². The van der Waals surface area contributed by atoms with Gasteiger partial charge in [-0.1, -0.05) is 30.7 Å². The molecule has 1 saturated carbocycles. The molecule has 4 heteroatoms. The number of benzene rings is 1.